The lowest BCUT2D eigenvalue weighted by Gasteiger charge is -2.26. The molecule has 1 unspecified atom stereocenters. The Morgan fingerprint density at radius 1 is 1.15 bits per heavy atom. The Bertz CT molecular complexity index is 726. The molecule has 0 spiro atoms. The number of benzene rings is 1. The number of fused-ring (bicyclic) bond motifs is 3. The third-order valence-electron chi connectivity index (χ3n) is 4.20. The highest BCUT2D eigenvalue weighted by atomic mass is 16.2. The number of hydrogen-bond acceptors (Lipinski definition) is 3. The van der Waals surface area contributed by atoms with Gasteiger partial charge in [0.2, 0.25) is 0 Å². The molecule has 2 aromatic rings. The van der Waals surface area contributed by atoms with Crippen LogP contribution in [0.4, 0.5) is 0 Å². The Hall–Kier alpha value is -2.17. The summed E-state index contributed by atoms with van der Waals surface area (Å²) in [6.45, 7) is 0.423. The zero-order chi connectivity index (χ0) is 13.5. The van der Waals surface area contributed by atoms with E-state index in [4.69, 9.17) is 0 Å². The summed E-state index contributed by atoms with van der Waals surface area (Å²) < 4.78 is 3.22. The summed E-state index contributed by atoms with van der Waals surface area (Å²) >= 11 is 0. The van der Waals surface area contributed by atoms with Crippen molar-refractivity contribution in [1.29, 1.82) is 0 Å². The quantitative estimate of drug-likeness (QED) is 0.795. The van der Waals surface area contributed by atoms with Crippen molar-refractivity contribution < 1.29 is 0 Å². The molecule has 1 aliphatic carbocycles. The molecule has 20 heavy (non-hydrogen) atoms. The van der Waals surface area contributed by atoms with Crippen LogP contribution in [0.2, 0.25) is 0 Å². The molecular formula is C15H16N4O. The Balaban J connectivity index is 1.84. The minimum atomic E-state index is -0.0837. The molecule has 0 N–H and O–H groups in total. The Morgan fingerprint density at radius 3 is 2.85 bits per heavy atom. The maximum atomic E-state index is 12.5. The van der Waals surface area contributed by atoms with E-state index in [1.165, 1.54) is 23.2 Å². The Morgan fingerprint density at radius 2 is 2.00 bits per heavy atom. The molecule has 1 aliphatic heterocycles. The highest BCUT2D eigenvalue weighted by Gasteiger charge is 2.31. The maximum absolute atomic E-state index is 12.5. The summed E-state index contributed by atoms with van der Waals surface area (Å²) in [7, 11) is 0. The van der Waals surface area contributed by atoms with Crippen molar-refractivity contribution in [3.8, 4) is 5.69 Å². The third-order valence-corrected chi connectivity index (χ3v) is 4.20. The second-order valence-corrected chi connectivity index (χ2v) is 5.41. The topological polar surface area (TPSA) is 52.2 Å². The monoisotopic (exact) mass is 268 g/mol. The molecular weight excluding hydrogens is 252 g/mol. The lowest BCUT2D eigenvalue weighted by molar-refractivity contribution is 0.526. The first kappa shape index (κ1) is 11.6. The van der Waals surface area contributed by atoms with Gasteiger partial charge in [-0.1, -0.05) is 24.6 Å². The molecule has 0 amide bonds. The second kappa shape index (κ2) is 4.44. The highest BCUT2D eigenvalue weighted by Crippen LogP contribution is 2.32. The van der Waals surface area contributed by atoms with E-state index in [9.17, 15) is 4.79 Å². The van der Waals surface area contributed by atoms with Crippen LogP contribution in [0.3, 0.4) is 0 Å². The van der Waals surface area contributed by atoms with E-state index < -0.39 is 0 Å². The van der Waals surface area contributed by atoms with E-state index in [2.05, 4.69) is 10.1 Å². The molecule has 1 fully saturated rings. The number of aromatic nitrogens is 3. The predicted octanol–water partition coefficient (Wildman–Crippen LogP) is 2.10. The van der Waals surface area contributed by atoms with Gasteiger partial charge in [-0.25, -0.2) is 4.79 Å². The highest BCUT2D eigenvalue weighted by molar-refractivity contribution is 5.91. The van der Waals surface area contributed by atoms with E-state index in [0.29, 0.717) is 6.67 Å². The first-order valence-corrected chi connectivity index (χ1v) is 7.13. The number of nitrogens with zero attached hydrogens (tertiary/aromatic N) is 4. The van der Waals surface area contributed by atoms with E-state index in [1.54, 1.807) is 4.57 Å². The lowest BCUT2D eigenvalue weighted by Crippen LogP contribution is -2.30. The zero-order valence-electron chi connectivity index (χ0n) is 11.2. The van der Waals surface area contributed by atoms with Crippen LogP contribution in [0.15, 0.2) is 40.1 Å². The minimum absolute atomic E-state index is 0.0837. The second-order valence-electron chi connectivity index (χ2n) is 5.41. The Kier molecular flexibility index (Phi) is 2.58. The van der Waals surface area contributed by atoms with Crippen LogP contribution < -0.4 is 5.69 Å². The minimum Gasteiger partial charge on any atom is -0.271 e. The van der Waals surface area contributed by atoms with Gasteiger partial charge in [0.05, 0.1) is 11.6 Å². The average molecular weight is 268 g/mol. The van der Waals surface area contributed by atoms with Crippen molar-refractivity contribution in [2.45, 2.75) is 38.3 Å². The summed E-state index contributed by atoms with van der Waals surface area (Å²) in [5, 5.41) is 4.59. The first-order valence-electron chi connectivity index (χ1n) is 7.13. The van der Waals surface area contributed by atoms with E-state index in [-0.39, 0.29) is 11.6 Å². The third kappa shape index (κ3) is 1.66. The molecule has 5 nitrogen and oxygen atoms in total. The van der Waals surface area contributed by atoms with E-state index >= 15 is 0 Å². The Labute approximate surface area is 116 Å². The van der Waals surface area contributed by atoms with Crippen molar-refractivity contribution in [3.63, 3.8) is 0 Å². The molecule has 102 valence electrons. The molecule has 1 atom stereocenters. The molecule has 2 aliphatic rings. The summed E-state index contributed by atoms with van der Waals surface area (Å²) in [4.78, 5) is 17.1. The van der Waals surface area contributed by atoms with Gasteiger partial charge < -0.3 is 0 Å². The molecule has 0 bridgehead atoms. The molecule has 1 saturated carbocycles. The number of aliphatic imine (C=N–C) groups is 1. The van der Waals surface area contributed by atoms with Crippen LogP contribution in [0.1, 0.15) is 37.4 Å². The van der Waals surface area contributed by atoms with Crippen molar-refractivity contribution >= 4 is 5.71 Å². The fraction of sp³-hybridized carbons (Fsp3) is 0.400. The summed E-state index contributed by atoms with van der Waals surface area (Å²) in [5.41, 5.74) is 1.96. The molecule has 0 radical (unpaired) electrons. The van der Waals surface area contributed by atoms with Gasteiger partial charge in [0.15, 0.2) is 0 Å². The van der Waals surface area contributed by atoms with Crippen molar-refractivity contribution in [2.75, 3.05) is 0 Å². The van der Waals surface area contributed by atoms with Gasteiger partial charge in [0, 0.05) is 5.71 Å². The van der Waals surface area contributed by atoms with Crippen molar-refractivity contribution in [2.24, 2.45) is 4.99 Å². The normalized spacial score (nSPS) is 21.0. The van der Waals surface area contributed by atoms with Gasteiger partial charge in [-0.15, -0.1) is 5.10 Å². The average Bonchev–Trinajstić information content (AvgIpc) is 2.86. The van der Waals surface area contributed by atoms with Gasteiger partial charge in [-0.2, -0.15) is 4.68 Å². The standard InChI is InChI=1S/C15H16N4O/c20-15-18-10-16-13-9-5-4-8-12(13)14(18)17-19(15)11-6-2-1-3-7-11/h1-3,6-7,12H,4-5,8-10H2. The zero-order valence-corrected chi connectivity index (χ0v) is 11.2. The number of para-hydroxylation sites is 1. The first-order chi connectivity index (χ1) is 9.84. The largest absolute Gasteiger partial charge is 0.352 e. The van der Waals surface area contributed by atoms with Crippen LogP contribution >= 0.6 is 0 Å². The van der Waals surface area contributed by atoms with Gasteiger partial charge in [-0.05, 0) is 31.4 Å². The van der Waals surface area contributed by atoms with Gasteiger partial charge in [0.1, 0.15) is 12.5 Å². The summed E-state index contributed by atoms with van der Waals surface area (Å²) in [5.74, 6) is 1.14. The maximum Gasteiger partial charge on any atom is 0.352 e. The van der Waals surface area contributed by atoms with Crippen LogP contribution in [0.5, 0.6) is 0 Å². The fourth-order valence-electron chi connectivity index (χ4n) is 3.16. The smallest absolute Gasteiger partial charge is 0.271 e. The van der Waals surface area contributed by atoms with E-state index in [1.807, 2.05) is 30.3 Å². The SMILES string of the molecule is O=c1n(-c2ccccc2)nc2n1CN=C1CCCCC12. The van der Waals surface area contributed by atoms with Gasteiger partial charge in [-0.3, -0.25) is 9.56 Å². The van der Waals surface area contributed by atoms with E-state index in [0.717, 1.165) is 24.4 Å². The number of hydrogen-bond donors (Lipinski definition) is 0. The van der Waals surface area contributed by atoms with Crippen LogP contribution in [-0.2, 0) is 6.67 Å². The van der Waals surface area contributed by atoms with Crippen LogP contribution in [0.25, 0.3) is 5.69 Å². The summed E-state index contributed by atoms with van der Waals surface area (Å²) in [6, 6.07) is 9.59. The molecule has 1 aromatic carbocycles. The van der Waals surface area contributed by atoms with Gasteiger partial charge >= 0.3 is 5.69 Å². The van der Waals surface area contributed by atoms with Crippen LogP contribution in [0, 0.1) is 0 Å². The molecule has 1 aromatic heterocycles. The number of rotatable bonds is 1. The molecule has 2 heterocycles. The molecule has 0 saturated heterocycles. The van der Waals surface area contributed by atoms with Gasteiger partial charge in [0.25, 0.3) is 0 Å². The lowest BCUT2D eigenvalue weighted by atomic mass is 9.86. The summed E-state index contributed by atoms with van der Waals surface area (Å²) in [6.07, 6.45) is 4.51. The predicted molar refractivity (Wildman–Crippen MR) is 76.5 cm³/mol. The molecule has 4 rings (SSSR count). The fourth-order valence-corrected chi connectivity index (χ4v) is 3.16. The molecule has 5 heteroatoms. The van der Waals surface area contributed by atoms with Crippen molar-refractivity contribution in [3.05, 3.63) is 46.6 Å². The van der Waals surface area contributed by atoms with Crippen LogP contribution in [-0.4, -0.2) is 20.1 Å². The van der Waals surface area contributed by atoms with Crippen molar-refractivity contribution in [1.82, 2.24) is 14.3 Å².